The van der Waals surface area contributed by atoms with Gasteiger partial charge >= 0.3 is 5.97 Å². The Morgan fingerprint density at radius 1 is 1.24 bits per heavy atom. The Labute approximate surface area is 169 Å². The van der Waals surface area contributed by atoms with Crippen LogP contribution in [0.4, 0.5) is 0 Å². The number of benzene rings is 1. The minimum absolute atomic E-state index is 0.0562. The minimum atomic E-state index is -4.02. The van der Waals surface area contributed by atoms with Gasteiger partial charge in [-0.05, 0) is 18.6 Å². The molecular formula is C20H22N4O4S. The average molecular weight is 414 g/mol. The fourth-order valence-electron chi connectivity index (χ4n) is 3.78. The van der Waals surface area contributed by atoms with Crippen molar-refractivity contribution in [3.8, 4) is 0 Å². The lowest BCUT2D eigenvalue weighted by atomic mass is 10.1. The highest BCUT2D eigenvalue weighted by molar-refractivity contribution is 7.89. The van der Waals surface area contributed by atoms with Crippen molar-refractivity contribution in [2.24, 2.45) is 0 Å². The van der Waals surface area contributed by atoms with Gasteiger partial charge in [-0.2, -0.15) is 4.31 Å². The van der Waals surface area contributed by atoms with Crippen molar-refractivity contribution in [2.75, 3.05) is 7.11 Å². The minimum Gasteiger partial charge on any atom is -0.468 e. The second kappa shape index (κ2) is 7.57. The number of esters is 1. The number of pyridine rings is 1. The summed E-state index contributed by atoms with van der Waals surface area (Å²) in [6.45, 7) is 2.83. The molecule has 8 nitrogen and oxygen atoms in total. The van der Waals surface area contributed by atoms with Crippen LogP contribution in [-0.2, 0) is 39.1 Å². The number of aryl methyl sites for hydroxylation is 1. The molecule has 1 aromatic carbocycles. The van der Waals surface area contributed by atoms with E-state index in [1.807, 2.05) is 23.6 Å². The molecule has 1 aliphatic heterocycles. The molecule has 0 unspecified atom stereocenters. The molecule has 152 valence electrons. The number of sulfonamides is 1. The van der Waals surface area contributed by atoms with E-state index in [2.05, 4.69) is 9.97 Å². The molecule has 0 radical (unpaired) electrons. The van der Waals surface area contributed by atoms with Gasteiger partial charge in [0.05, 0.1) is 36.9 Å². The lowest BCUT2D eigenvalue weighted by Gasteiger charge is -2.33. The smallest absolute Gasteiger partial charge is 0.324 e. The fourth-order valence-corrected chi connectivity index (χ4v) is 5.48. The van der Waals surface area contributed by atoms with Crippen molar-refractivity contribution in [3.63, 3.8) is 0 Å². The first-order chi connectivity index (χ1) is 14.0. The van der Waals surface area contributed by atoms with Gasteiger partial charge in [-0.15, -0.1) is 0 Å². The zero-order chi connectivity index (χ0) is 20.6. The van der Waals surface area contributed by atoms with Gasteiger partial charge in [0.15, 0.2) is 0 Å². The van der Waals surface area contributed by atoms with E-state index in [1.165, 1.54) is 17.5 Å². The highest BCUT2D eigenvalue weighted by Gasteiger charge is 2.42. The van der Waals surface area contributed by atoms with E-state index in [4.69, 9.17) is 4.74 Å². The fraction of sp³-hybridized carbons (Fsp3) is 0.350. The number of nitrogens with zero attached hydrogens (tertiary/aromatic N) is 4. The number of ether oxygens (including phenoxy) is 1. The number of carbonyl (C=O) groups excluding carboxylic acids is 1. The Morgan fingerprint density at radius 3 is 2.79 bits per heavy atom. The van der Waals surface area contributed by atoms with Crippen LogP contribution in [0, 0.1) is 0 Å². The Morgan fingerprint density at radius 2 is 2.03 bits per heavy atom. The van der Waals surface area contributed by atoms with Crippen LogP contribution in [-0.4, -0.2) is 46.4 Å². The molecule has 0 aliphatic carbocycles. The highest BCUT2D eigenvalue weighted by Crippen LogP contribution is 2.31. The normalized spacial score (nSPS) is 17.2. The van der Waals surface area contributed by atoms with Crippen LogP contribution in [0.15, 0.2) is 47.8 Å². The molecule has 1 aliphatic rings. The molecule has 0 saturated heterocycles. The van der Waals surface area contributed by atoms with Gasteiger partial charge in [0.25, 0.3) is 0 Å². The molecule has 4 rings (SSSR count). The first kappa shape index (κ1) is 19.5. The Hall–Kier alpha value is -2.78. The molecule has 29 heavy (non-hydrogen) atoms. The summed E-state index contributed by atoms with van der Waals surface area (Å²) in [7, 11) is -2.75. The third-order valence-corrected chi connectivity index (χ3v) is 7.08. The summed E-state index contributed by atoms with van der Waals surface area (Å²) in [6.07, 6.45) is 4.33. The number of hydrogen-bond acceptors (Lipinski definition) is 6. The SMILES string of the molecule is CCCn1cnc2c1CN(S(=O)(=O)c1cccc3cccnc13)[C@H](C(=O)OC)C2. The molecule has 3 aromatic rings. The van der Waals surface area contributed by atoms with Crippen LogP contribution in [0.25, 0.3) is 10.9 Å². The van der Waals surface area contributed by atoms with Gasteiger partial charge in [0, 0.05) is 24.5 Å². The molecule has 1 atom stereocenters. The number of methoxy groups -OCH3 is 1. The first-order valence-electron chi connectivity index (χ1n) is 9.43. The lowest BCUT2D eigenvalue weighted by Crippen LogP contribution is -2.49. The average Bonchev–Trinajstić information content (AvgIpc) is 3.14. The number of fused-ring (bicyclic) bond motifs is 2. The molecule has 0 spiro atoms. The van der Waals surface area contributed by atoms with Crippen molar-refractivity contribution in [1.29, 1.82) is 0 Å². The Kier molecular flexibility index (Phi) is 5.10. The van der Waals surface area contributed by atoms with Crippen molar-refractivity contribution >= 4 is 26.9 Å². The first-order valence-corrected chi connectivity index (χ1v) is 10.9. The molecule has 0 saturated carbocycles. The van der Waals surface area contributed by atoms with Crippen LogP contribution < -0.4 is 0 Å². The number of hydrogen-bond donors (Lipinski definition) is 0. The third-order valence-electron chi connectivity index (χ3n) is 5.19. The standard InChI is InChI=1S/C20H22N4O4S/c1-3-10-23-13-22-15-11-16(20(25)28-2)24(12-17(15)23)29(26,27)18-8-4-6-14-7-5-9-21-19(14)18/h4-9,13,16H,3,10-12H2,1-2H3/t16-/m0/s1. The van der Waals surface area contributed by atoms with Gasteiger partial charge in [-0.3, -0.25) is 9.78 Å². The second-order valence-corrected chi connectivity index (χ2v) is 8.81. The molecule has 2 aromatic heterocycles. The Bertz CT molecular complexity index is 1170. The quantitative estimate of drug-likeness (QED) is 0.594. The number of imidazole rings is 1. The van der Waals surface area contributed by atoms with Crippen molar-refractivity contribution in [2.45, 2.75) is 43.8 Å². The molecule has 0 amide bonds. The topological polar surface area (TPSA) is 94.4 Å². The van der Waals surface area contributed by atoms with Crippen LogP contribution >= 0.6 is 0 Å². The number of aromatic nitrogens is 3. The molecule has 0 bridgehead atoms. The van der Waals surface area contributed by atoms with Gasteiger partial charge in [0.2, 0.25) is 10.0 Å². The predicted molar refractivity (Wildman–Crippen MR) is 106 cm³/mol. The third kappa shape index (κ3) is 3.30. The van der Waals surface area contributed by atoms with E-state index in [0.717, 1.165) is 29.7 Å². The van der Waals surface area contributed by atoms with Crippen molar-refractivity contribution < 1.29 is 17.9 Å². The number of rotatable bonds is 5. The van der Waals surface area contributed by atoms with E-state index in [1.54, 1.807) is 24.7 Å². The summed E-state index contributed by atoms with van der Waals surface area (Å²) >= 11 is 0. The van der Waals surface area contributed by atoms with Crippen molar-refractivity contribution in [3.05, 3.63) is 54.2 Å². The number of carbonyl (C=O) groups is 1. The lowest BCUT2D eigenvalue weighted by molar-refractivity contribution is -0.145. The maximum atomic E-state index is 13.7. The summed E-state index contributed by atoms with van der Waals surface area (Å²) in [5, 5.41) is 0.719. The van der Waals surface area contributed by atoms with Crippen LogP contribution in [0.5, 0.6) is 0 Å². The zero-order valence-electron chi connectivity index (χ0n) is 16.3. The summed E-state index contributed by atoms with van der Waals surface area (Å²) < 4.78 is 35.4. The second-order valence-electron chi connectivity index (χ2n) is 6.96. The summed E-state index contributed by atoms with van der Waals surface area (Å²) in [5.41, 5.74) is 1.92. The monoisotopic (exact) mass is 414 g/mol. The van der Waals surface area contributed by atoms with E-state index < -0.39 is 22.0 Å². The van der Waals surface area contributed by atoms with E-state index >= 15 is 0 Å². The molecule has 0 fully saturated rings. The molecule has 0 N–H and O–H groups in total. The van der Waals surface area contributed by atoms with E-state index in [-0.39, 0.29) is 17.9 Å². The van der Waals surface area contributed by atoms with Gasteiger partial charge in [0.1, 0.15) is 10.9 Å². The van der Waals surface area contributed by atoms with E-state index in [0.29, 0.717) is 5.52 Å². The zero-order valence-corrected chi connectivity index (χ0v) is 17.1. The molecule has 3 heterocycles. The van der Waals surface area contributed by atoms with Crippen LogP contribution in [0.2, 0.25) is 0 Å². The van der Waals surface area contributed by atoms with Crippen LogP contribution in [0.1, 0.15) is 24.7 Å². The van der Waals surface area contributed by atoms with Gasteiger partial charge in [-0.25, -0.2) is 13.4 Å². The molecule has 9 heteroatoms. The highest BCUT2D eigenvalue weighted by atomic mass is 32.2. The largest absolute Gasteiger partial charge is 0.468 e. The summed E-state index contributed by atoms with van der Waals surface area (Å²) in [4.78, 5) is 21.2. The maximum Gasteiger partial charge on any atom is 0.324 e. The summed E-state index contributed by atoms with van der Waals surface area (Å²) in [5.74, 6) is -0.600. The van der Waals surface area contributed by atoms with E-state index in [9.17, 15) is 13.2 Å². The Balaban J connectivity index is 1.85. The molecular weight excluding hydrogens is 392 g/mol. The predicted octanol–water partition coefficient (Wildman–Crippen LogP) is 2.13. The van der Waals surface area contributed by atoms with Gasteiger partial charge in [-0.1, -0.05) is 25.1 Å². The number of para-hydroxylation sites is 1. The maximum absolute atomic E-state index is 13.7. The van der Waals surface area contributed by atoms with Gasteiger partial charge < -0.3 is 9.30 Å². The van der Waals surface area contributed by atoms with Crippen LogP contribution in [0.3, 0.4) is 0 Å². The van der Waals surface area contributed by atoms with Crippen molar-refractivity contribution in [1.82, 2.24) is 18.8 Å². The summed E-state index contributed by atoms with van der Waals surface area (Å²) in [6, 6.07) is 7.61.